The molecule has 112 valence electrons. The second kappa shape index (κ2) is 6.72. The smallest absolute Gasteiger partial charge is 0.264 e. The molecule has 1 fully saturated rings. The molecular weight excluding hydrogens is 258 g/mol. The molecular formula is C14H23N3O3. The van der Waals surface area contributed by atoms with E-state index in [0.29, 0.717) is 31.8 Å². The SMILES string of the molecule is CC(C)C1=NOC(C(=O)NCCN2CCCCC2=O)C1. The Kier molecular flexibility index (Phi) is 4.98. The van der Waals surface area contributed by atoms with Crippen molar-refractivity contribution in [3.63, 3.8) is 0 Å². The summed E-state index contributed by atoms with van der Waals surface area (Å²) in [6.07, 6.45) is 2.71. The molecule has 0 radical (unpaired) electrons. The van der Waals surface area contributed by atoms with Crippen LogP contribution in [0.5, 0.6) is 0 Å². The number of likely N-dealkylation sites (tertiary alicyclic amines) is 1. The first-order chi connectivity index (χ1) is 9.58. The van der Waals surface area contributed by atoms with E-state index in [1.807, 2.05) is 18.7 Å². The van der Waals surface area contributed by atoms with Crippen LogP contribution in [0.25, 0.3) is 0 Å². The lowest BCUT2D eigenvalue weighted by Crippen LogP contribution is -2.43. The van der Waals surface area contributed by atoms with Crippen molar-refractivity contribution in [2.45, 2.75) is 45.6 Å². The summed E-state index contributed by atoms with van der Waals surface area (Å²) in [7, 11) is 0. The minimum absolute atomic E-state index is 0.145. The van der Waals surface area contributed by atoms with Gasteiger partial charge >= 0.3 is 0 Å². The van der Waals surface area contributed by atoms with Crippen LogP contribution in [0.15, 0.2) is 5.16 Å². The molecule has 0 spiro atoms. The summed E-state index contributed by atoms with van der Waals surface area (Å²) in [5.74, 6) is 0.348. The minimum atomic E-state index is -0.510. The molecule has 6 heteroatoms. The topological polar surface area (TPSA) is 71.0 Å². The normalized spacial score (nSPS) is 22.8. The Morgan fingerprint density at radius 2 is 2.30 bits per heavy atom. The molecule has 2 amide bonds. The van der Waals surface area contributed by atoms with E-state index in [1.54, 1.807) is 0 Å². The van der Waals surface area contributed by atoms with Crippen molar-refractivity contribution < 1.29 is 14.4 Å². The molecule has 2 aliphatic rings. The number of amides is 2. The molecule has 20 heavy (non-hydrogen) atoms. The van der Waals surface area contributed by atoms with Crippen molar-refractivity contribution in [1.82, 2.24) is 10.2 Å². The van der Waals surface area contributed by atoms with E-state index in [9.17, 15) is 9.59 Å². The van der Waals surface area contributed by atoms with Crippen LogP contribution in [-0.4, -0.2) is 48.2 Å². The minimum Gasteiger partial charge on any atom is -0.382 e. The lowest BCUT2D eigenvalue weighted by molar-refractivity contribution is -0.135. The number of nitrogens with zero attached hydrogens (tertiary/aromatic N) is 2. The van der Waals surface area contributed by atoms with Gasteiger partial charge in [-0.2, -0.15) is 0 Å². The Balaban J connectivity index is 1.67. The number of rotatable bonds is 5. The van der Waals surface area contributed by atoms with Gasteiger partial charge in [-0.1, -0.05) is 19.0 Å². The molecule has 0 saturated carbocycles. The second-order valence-corrected chi connectivity index (χ2v) is 5.66. The lowest BCUT2D eigenvalue weighted by Gasteiger charge is -2.26. The van der Waals surface area contributed by atoms with E-state index in [2.05, 4.69) is 10.5 Å². The van der Waals surface area contributed by atoms with E-state index in [4.69, 9.17) is 4.84 Å². The summed E-state index contributed by atoms with van der Waals surface area (Å²) in [5.41, 5.74) is 0.927. The van der Waals surface area contributed by atoms with Crippen LogP contribution < -0.4 is 5.32 Å². The number of carbonyl (C=O) groups is 2. The van der Waals surface area contributed by atoms with Crippen LogP contribution in [0.3, 0.4) is 0 Å². The summed E-state index contributed by atoms with van der Waals surface area (Å²) in [6, 6.07) is 0. The monoisotopic (exact) mass is 281 g/mol. The Labute approximate surface area is 119 Å². The average molecular weight is 281 g/mol. The van der Waals surface area contributed by atoms with Gasteiger partial charge in [0.25, 0.3) is 5.91 Å². The van der Waals surface area contributed by atoms with Gasteiger partial charge in [0, 0.05) is 32.5 Å². The Morgan fingerprint density at radius 3 is 2.95 bits per heavy atom. The summed E-state index contributed by atoms with van der Waals surface area (Å²) in [4.78, 5) is 30.5. The van der Waals surface area contributed by atoms with E-state index >= 15 is 0 Å². The van der Waals surface area contributed by atoms with Gasteiger partial charge in [-0.3, -0.25) is 9.59 Å². The number of nitrogens with one attached hydrogen (secondary N) is 1. The quantitative estimate of drug-likeness (QED) is 0.814. The fraction of sp³-hybridized carbons (Fsp3) is 0.786. The summed E-state index contributed by atoms with van der Waals surface area (Å²) < 4.78 is 0. The Bertz CT molecular complexity index is 406. The number of carbonyl (C=O) groups excluding carboxylic acids is 2. The summed E-state index contributed by atoms with van der Waals surface area (Å²) in [5, 5.41) is 6.76. The predicted molar refractivity (Wildman–Crippen MR) is 75.2 cm³/mol. The third-order valence-corrected chi connectivity index (χ3v) is 3.75. The Hall–Kier alpha value is -1.59. The maximum Gasteiger partial charge on any atom is 0.264 e. The standard InChI is InChI=1S/C14H23N3O3/c1-10(2)11-9-12(20-16-11)14(19)15-6-8-17-7-4-3-5-13(17)18/h10,12H,3-9H2,1-2H3,(H,15,19). The molecule has 1 atom stereocenters. The summed E-state index contributed by atoms with van der Waals surface area (Å²) in [6.45, 7) is 5.92. The average Bonchev–Trinajstić information content (AvgIpc) is 2.91. The highest BCUT2D eigenvalue weighted by molar-refractivity contribution is 5.93. The highest BCUT2D eigenvalue weighted by Gasteiger charge is 2.29. The van der Waals surface area contributed by atoms with Crippen LogP contribution >= 0.6 is 0 Å². The largest absolute Gasteiger partial charge is 0.382 e. The fourth-order valence-corrected chi connectivity index (χ4v) is 2.40. The van der Waals surface area contributed by atoms with Crippen LogP contribution in [0.1, 0.15) is 39.5 Å². The van der Waals surface area contributed by atoms with E-state index < -0.39 is 6.10 Å². The van der Waals surface area contributed by atoms with Gasteiger partial charge in [-0.15, -0.1) is 0 Å². The number of hydrogen-bond acceptors (Lipinski definition) is 4. The summed E-state index contributed by atoms with van der Waals surface area (Å²) >= 11 is 0. The van der Waals surface area contributed by atoms with Gasteiger partial charge in [0.2, 0.25) is 12.0 Å². The molecule has 0 aromatic heterocycles. The van der Waals surface area contributed by atoms with Crippen molar-refractivity contribution in [2.24, 2.45) is 11.1 Å². The highest BCUT2D eigenvalue weighted by atomic mass is 16.6. The fourth-order valence-electron chi connectivity index (χ4n) is 2.40. The molecule has 2 aliphatic heterocycles. The number of piperidine rings is 1. The van der Waals surface area contributed by atoms with Gasteiger partial charge in [0.1, 0.15) is 0 Å². The lowest BCUT2D eigenvalue weighted by atomic mass is 10.0. The van der Waals surface area contributed by atoms with E-state index in [-0.39, 0.29) is 11.8 Å². The van der Waals surface area contributed by atoms with E-state index in [1.165, 1.54) is 0 Å². The van der Waals surface area contributed by atoms with Crippen molar-refractivity contribution >= 4 is 17.5 Å². The third-order valence-electron chi connectivity index (χ3n) is 3.75. The van der Waals surface area contributed by atoms with Gasteiger partial charge in [-0.25, -0.2) is 0 Å². The molecule has 1 saturated heterocycles. The van der Waals surface area contributed by atoms with Crippen LogP contribution in [0.4, 0.5) is 0 Å². The van der Waals surface area contributed by atoms with E-state index in [0.717, 1.165) is 25.1 Å². The molecule has 2 heterocycles. The number of oxime groups is 1. The molecule has 2 rings (SSSR count). The van der Waals surface area contributed by atoms with Crippen LogP contribution in [0.2, 0.25) is 0 Å². The molecule has 0 aliphatic carbocycles. The first-order valence-corrected chi connectivity index (χ1v) is 7.36. The molecule has 0 aromatic carbocycles. The van der Waals surface area contributed by atoms with Crippen molar-refractivity contribution in [1.29, 1.82) is 0 Å². The third kappa shape index (κ3) is 3.71. The van der Waals surface area contributed by atoms with Crippen LogP contribution in [0, 0.1) is 5.92 Å². The highest BCUT2D eigenvalue weighted by Crippen LogP contribution is 2.16. The molecule has 6 nitrogen and oxygen atoms in total. The molecule has 1 N–H and O–H groups in total. The Morgan fingerprint density at radius 1 is 1.50 bits per heavy atom. The van der Waals surface area contributed by atoms with Crippen molar-refractivity contribution in [3.05, 3.63) is 0 Å². The molecule has 0 aromatic rings. The van der Waals surface area contributed by atoms with Gasteiger partial charge in [0.15, 0.2) is 0 Å². The number of hydrogen-bond donors (Lipinski definition) is 1. The maximum atomic E-state index is 11.9. The zero-order valence-electron chi connectivity index (χ0n) is 12.2. The van der Waals surface area contributed by atoms with Gasteiger partial charge in [0.05, 0.1) is 5.71 Å². The predicted octanol–water partition coefficient (Wildman–Crippen LogP) is 0.916. The van der Waals surface area contributed by atoms with Crippen molar-refractivity contribution in [3.8, 4) is 0 Å². The second-order valence-electron chi connectivity index (χ2n) is 5.66. The zero-order chi connectivity index (χ0) is 14.5. The molecule has 0 bridgehead atoms. The first kappa shape index (κ1) is 14.8. The zero-order valence-corrected chi connectivity index (χ0v) is 12.2. The van der Waals surface area contributed by atoms with Crippen molar-refractivity contribution in [2.75, 3.05) is 19.6 Å². The first-order valence-electron chi connectivity index (χ1n) is 7.36. The van der Waals surface area contributed by atoms with Crippen LogP contribution in [-0.2, 0) is 14.4 Å². The van der Waals surface area contributed by atoms with Gasteiger partial charge < -0.3 is 15.1 Å². The molecule has 1 unspecified atom stereocenters. The maximum absolute atomic E-state index is 11.9. The van der Waals surface area contributed by atoms with Gasteiger partial charge in [-0.05, 0) is 18.8 Å².